The Hall–Kier alpha value is -2.28. The van der Waals surface area contributed by atoms with Gasteiger partial charge >= 0.3 is 12.1 Å². The van der Waals surface area contributed by atoms with Crippen molar-refractivity contribution in [3.05, 3.63) is 29.8 Å². The van der Waals surface area contributed by atoms with Crippen LogP contribution in [0.3, 0.4) is 0 Å². The quantitative estimate of drug-likeness (QED) is 0.851. The number of aliphatic hydroxyl groups is 1. The molecule has 1 amide bonds. The van der Waals surface area contributed by atoms with Crippen LogP contribution in [0.4, 0.5) is 4.79 Å². The van der Waals surface area contributed by atoms with Gasteiger partial charge in [-0.1, -0.05) is 12.1 Å². The number of piperidine rings is 1. The second-order valence-electron chi connectivity index (χ2n) is 7.87. The minimum absolute atomic E-state index is 0.0493. The molecule has 2 N–H and O–H groups in total. The monoisotopic (exact) mass is 365 g/mol. The summed E-state index contributed by atoms with van der Waals surface area (Å²) in [5.74, 6) is -0.341. The van der Waals surface area contributed by atoms with Crippen molar-refractivity contribution in [2.45, 2.75) is 57.8 Å². The summed E-state index contributed by atoms with van der Waals surface area (Å²) in [6.45, 7) is 7.57. The average molecular weight is 365 g/mol. The SMILES string of the molecule is CC(C)(C)OC(=O)N1CC[C@H](Oc2ccc(CC(=O)O)cc2)[C@@](C)(O)C1. The molecule has 1 aliphatic heterocycles. The van der Waals surface area contributed by atoms with Crippen molar-refractivity contribution in [2.24, 2.45) is 0 Å². The summed E-state index contributed by atoms with van der Waals surface area (Å²) in [5.41, 5.74) is -1.14. The van der Waals surface area contributed by atoms with Gasteiger partial charge in [0.15, 0.2) is 0 Å². The van der Waals surface area contributed by atoms with Crippen LogP contribution in [0.25, 0.3) is 0 Å². The highest BCUT2D eigenvalue weighted by Crippen LogP contribution is 2.27. The average Bonchev–Trinajstić information content (AvgIpc) is 2.48. The molecule has 1 heterocycles. The van der Waals surface area contributed by atoms with E-state index in [4.69, 9.17) is 14.6 Å². The van der Waals surface area contributed by atoms with Crippen LogP contribution in [-0.4, -0.2) is 57.6 Å². The highest BCUT2D eigenvalue weighted by Gasteiger charge is 2.42. The van der Waals surface area contributed by atoms with Gasteiger partial charge in [0.1, 0.15) is 23.1 Å². The Kier molecular flexibility index (Phi) is 5.81. The van der Waals surface area contributed by atoms with Gasteiger partial charge in [0, 0.05) is 13.0 Å². The number of hydrogen-bond donors (Lipinski definition) is 2. The van der Waals surface area contributed by atoms with Crippen molar-refractivity contribution in [3.8, 4) is 5.75 Å². The zero-order valence-corrected chi connectivity index (χ0v) is 15.7. The van der Waals surface area contributed by atoms with E-state index in [2.05, 4.69) is 0 Å². The van der Waals surface area contributed by atoms with Crippen molar-refractivity contribution < 1.29 is 29.3 Å². The summed E-state index contributed by atoms with van der Waals surface area (Å²) in [6.07, 6.45) is -0.518. The fourth-order valence-corrected chi connectivity index (χ4v) is 2.84. The standard InChI is InChI=1S/C19H27NO6/c1-18(2,3)26-17(23)20-10-9-15(19(4,24)12-20)25-14-7-5-13(6-8-14)11-16(21)22/h5-8,15,24H,9-12H2,1-4H3,(H,21,22)/t15-,19-/m0/s1. The lowest BCUT2D eigenvalue weighted by atomic mass is 9.91. The number of carbonyl (C=O) groups excluding carboxylic acids is 1. The number of β-amino-alcohol motifs (C(OH)–C–C–N with tert-alkyl or cyclic N) is 1. The second kappa shape index (κ2) is 7.53. The maximum Gasteiger partial charge on any atom is 0.410 e. The van der Waals surface area contributed by atoms with Gasteiger partial charge in [-0.25, -0.2) is 4.79 Å². The first-order valence-electron chi connectivity index (χ1n) is 8.64. The molecule has 1 fully saturated rings. The lowest BCUT2D eigenvalue weighted by molar-refractivity contribution is -0.136. The molecule has 2 atom stereocenters. The highest BCUT2D eigenvalue weighted by molar-refractivity contribution is 5.70. The minimum Gasteiger partial charge on any atom is -0.487 e. The smallest absolute Gasteiger partial charge is 0.410 e. The van der Waals surface area contributed by atoms with Gasteiger partial charge in [-0.2, -0.15) is 0 Å². The zero-order valence-electron chi connectivity index (χ0n) is 15.7. The van der Waals surface area contributed by atoms with Crippen molar-refractivity contribution in [1.82, 2.24) is 4.90 Å². The van der Waals surface area contributed by atoms with Gasteiger partial charge in [-0.3, -0.25) is 4.79 Å². The first-order chi connectivity index (χ1) is 12.0. The fourth-order valence-electron chi connectivity index (χ4n) is 2.84. The van der Waals surface area contributed by atoms with Gasteiger partial charge in [0.25, 0.3) is 0 Å². The molecule has 0 bridgehead atoms. The molecule has 0 aromatic heterocycles. The third-order valence-corrected chi connectivity index (χ3v) is 4.07. The van der Waals surface area contributed by atoms with E-state index in [9.17, 15) is 14.7 Å². The normalized spacial score (nSPS) is 23.4. The fraction of sp³-hybridized carbons (Fsp3) is 0.579. The lowest BCUT2D eigenvalue weighted by Gasteiger charge is -2.42. The van der Waals surface area contributed by atoms with Gasteiger partial charge in [-0.15, -0.1) is 0 Å². The van der Waals surface area contributed by atoms with E-state index >= 15 is 0 Å². The zero-order chi connectivity index (χ0) is 19.5. The third kappa shape index (κ3) is 5.62. The van der Waals surface area contributed by atoms with Gasteiger partial charge in [0.2, 0.25) is 0 Å². The summed E-state index contributed by atoms with van der Waals surface area (Å²) in [7, 11) is 0. The van der Waals surface area contributed by atoms with E-state index in [1.165, 1.54) is 4.90 Å². The van der Waals surface area contributed by atoms with Crippen molar-refractivity contribution in [1.29, 1.82) is 0 Å². The molecular weight excluding hydrogens is 338 g/mol. The highest BCUT2D eigenvalue weighted by atomic mass is 16.6. The first kappa shape index (κ1) is 20.0. The molecule has 0 spiro atoms. The molecule has 1 saturated heterocycles. The van der Waals surface area contributed by atoms with Crippen LogP contribution in [0.2, 0.25) is 0 Å². The van der Waals surface area contributed by atoms with E-state index in [1.54, 1.807) is 52.0 Å². The number of hydrogen-bond acceptors (Lipinski definition) is 5. The summed E-state index contributed by atoms with van der Waals surface area (Å²) < 4.78 is 11.2. The maximum atomic E-state index is 12.2. The molecule has 1 aromatic rings. The number of likely N-dealkylation sites (tertiary alicyclic amines) is 1. The molecule has 26 heavy (non-hydrogen) atoms. The molecule has 1 aliphatic rings. The molecule has 2 rings (SSSR count). The number of aliphatic carboxylic acids is 1. The van der Waals surface area contributed by atoms with Crippen LogP contribution in [0.1, 0.15) is 39.7 Å². The molecule has 1 aromatic carbocycles. The number of amides is 1. The Labute approximate surface area is 153 Å². The van der Waals surface area contributed by atoms with Crippen molar-refractivity contribution in [2.75, 3.05) is 13.1 Å². The number of nitrogens with zero attached hydrogens (tertiary/aromatic N) is 1. The predicted molar refractivity (Wildman–Crippen MR) is 95.2 cm³/mol. The molecule has 7 heteroatoms. The second-order valence-corrected chi connectivity index (χ2v) is 7.87. The van der Waals surface area contributed by atoms with Crippen LogP contribution in [0, 0.1) is 0 Å². The van der Waals surface area contributed by atoms with Crippen molar-refractivity contribution >= 4 is 12.1 Å². The topological polar surface area (TPSA) is 96.3 Å². The van der Waals surface area contributed by atoms with Crippen LogP contribution in [0.15, 0.2) is 24.3 Å². The Morgan fingerprint density at radius 2 is 1.88 bits per heavy atom. The van der Waals surface area contributed by atoms with E-state index in [-0.39, 0.29) is 13.0 Å². The third-order valence-electron chi connectivity index (χ3n) is 4.07. The lowest BCUT2D eigenvalue weighted by Crippen LogP contribution is -2.58. The Morgan fingerprint density at radius 3 is 2.38 bits per heavy atom. The molecular formula is C19H27NO6. The van der Waals surface area contributed by atoms with E-state index < -0.39 is 29.4 Å². The van der Waals surface area contributed by atoms with Gasteiger partial charge in [-0.05, 0) is 45.4 Å². The van der Waals surface area contributed by atoms with Crippen LogP contribution in [-0.2, 0) is 16.0 Å². The maximum absolute atomic E-state index is 12.2. The Morgan fingerprint density at radius 1 is 1.27 bits per heavy atom. The summed E-state index contributed by atoms with van der Waals surface area (Å²) in [6, 6.07) is 6.76. The molecule has 0 unspecified atom stereocenters. The molecule has 0 saturated carbocycles. The van der Waals surface area contributed by atoms with Gasteiger partial charge in [0.05, 0.1) is 13.0 Å². The summed E-state index contributed by atoms with van der Waals surface area (Å²) in [4.78, 5) is 24.4. The Bertz CT molecular complexity index is 647. The van der Waals surface area contributed by atoms with E-state index in [0.29, 0.717) is 24.3 Å². The van der Waals surface area contributed by atoms with Crippen LogP contribution in [0.5, 0.6) is 5.75 Å². The van der Waals surface area contributed by atoms with Crippen molar-refractivity contribution in [3.63, 3.8) is 0 Å². The number of carboxylic acids is 1. The Balaban J connectivity index is 1.98. The largest absolute Gasteiger partial charge is 0.487 e. The molecule has 7 nitrogen and oxygen atoms in total. The number of rotatable bonds is 4. The van der Waals surface area contributed by atoms with Crippen LogP contribution < -0.4 is 4.74 Å². The van der Waals surface area contributed by atoms with E-state index in [0.717, 1.165) is 0 Å². The molecule has 144 valence electrons. The minimum atomic E-state index is -1.23. The van der Waals surface area contributed by atoms with E-state index in [1.807, 2.05) is 0 Å². The number of benzene rings is 1. The van der Waals surface area contributed by atoms with Crippen LogP contribution >= 0.6 is 0 Å². The summed E-state index contributed by atoms with van der Waals surface area (Å²) in [5, 5.41) is 19.5. The number of carbonyl (C=O) groups is 2. The first-order valence-corrected chi connectivity index (χ1v) is 8.64. The molecule has 0 radical (unpaired) electrons. The number of ether oxygens (including phenoxy) is 2. The van der Waals surface area contributed by atoms with Gasteiger partial charge < -0.3 is 24.6 Å². The summed E-state index contributed by atoms with van der Waals surface area (Å²) >= 11 is 0. The predicted octanol–water partition coefficient (Wildman–Crippen LogP) is 2.45. The molecule has 0 aliphatic carbocycles. The number of carboxylic acid groups (broad SMARTS) is 1.